The van der Waals surface area contributed by atoms with Gasteiger partial charge in [-0.1, -0.05) is 23.9 Å². The van der Waals surface area contributed by atoms with Crippen LogP contribution >= 0.6 is 11.8 Å². The number of hydrogen-bond acceptors (Lipinski definition) is 7. The second kappa shape index (κ2) is 9.78. The molecule has 1 saturated heterocycles. The maximum atomic E-state index is 14.7. The Kier molecular flexibility index (Phi) is 6.95. The Balaban J connectivity index is 1.74. The topological polar surface area (TPSA) is 127 Å². The number of halogens is 1. The lowest BCUT2D eigenvalue weighted by Gasteiger charge is -2.26. The predicted octanol–water partition coefficient (Wildman–Crippen LogP) is 2.35. The molecule has 184 valence electrons. The highest BCUT2D eigenvalue weighted by Gasteiger charge is 2.34. The van der Waals surface area contributed by atoms with Gasteiger partial charge in [0, 0.05) is 12.6 Å². The van der Waals surface area contributed by atoms with Gasteiger partial charge in [0.2, 0.25) is 5.91 Å². The molecule has 35 heavy (non-hydrogen) atoms. The van der Waals surface area contributed by atoms with Crippen molar-refractivity contribution in [3.8, 4) is 5.69 Å². The summed E-state index contributed by atoms with van der Waals surface area (Å²) in [6.45, 7) is 2.07. The standard InChI is InChI=1S/C23H22FN3O6S2/c1-2-26(15-9-10-35(32,33)13-15)20(28)12-34-23-25-18-11-14(22(30)31)7-8-16(18)21(29)27(23)19-6-4-3-5-17(19)24/h3-8,11,15H,2,9-10,12-13H2,1H3,(H,30,31). The number of carboxylic acid groups (broad SMARTS) is 1. The van der Waals surface area contributed by atoms with Gasteiger partial charge in [-0.3, -0.25) is 14.2 Å². The van der Waals surface area contributed by atoms with Crippen molar-refractivity contribution >= 4 is 44.4 Å². The Morgan fingerprint density at radius 2 is 2.00 bits per heavy atom. The van der Waals surface area contributed by atoms with Crippen molar-refractivity contribution in [2.75, 3.05) is 23.8 Å². The third kappa shape index (κ3) is 5.08. The molecule has 1 fully saturated rings. The number of benzene rings is 2. The largest absolute Gasteiger partial charge is 0.478 e. The Morgan fingerprint density at radius 3 is 2.63 bits per heavy atom. The molecule has 1 aliphatic heterocycles. The molecule has 0 spiro atoms. The molecule has 0 bridgehead atoms. The second-order valence-electron chi connectivity index (χ2n) is 8.05. The molecule has 4 rings (SSSR count). The van der Waals surface area contributed by atoms with Gasteiger partial charge in [-0.05, 0) is 43.7 Å². The maximum absolute atomic E-state index is 14.7. The highest BCUT2D eigenvalue weighted by molar-refractivity contribution is 7.99. The van der Waals surface area contributed by atoms with Crippen molar-refractivity contribution in [2.45, 2.75) is 24.5 Å². The van der Waals surface area contributed by atoms with Crippen molar-refractivity contribution in [2.24, 2.45) is 0 Å². The average Bonchev–Trinajstić information content (AvgIpc) is 3.17. The van der Waals surface area contributed by atoms with Gasteiger partial charge in [-0.15, -0.1) is 0 Å². The monoisotopic (exact) mass is 519 g/mol. The molecule has 0 radical (unpaired) electrons. The normalized spacial score (nSPS) is 16.9. The van der Waals surface area contributed by atoms with Crippen LogP contribution < -0.4 is 5.56 Å². The van der Waals surface area contributed by atoms with Crippen LogP contribution in [0.5, 0.6) is 0 Å². The van der Waals surface area contributed by atoms with Gasteiger partial charge in [-0.2, -0.15) is 0 Å². The number of para-hydroxylation sites is 1. The molecule has 9 nitrogen and oxygen atoms in total. The first-order valence-corrected chi connectivity index (χ1v) is 13.6. The lowest BCUT2D eigenvalue weighted by atomic mass is 10.1. The van der Waals surface area contributed by atoms with Gasteiger partial charge in [-0.25, -0.2) is 22.6 Å². The van der Waals surface area contributed by atoms with Crippen LogP contribution in [0.3, 0.4) is 0 Å². The number of nitrogens with zero attached hydrogens (tertiary/aromatic N) is 3. The third-order valence-electron chi connectivity index (χ3n) is 5.81. The van der Waals surface area contributed by atoms with Gasteiger partial charge in [0.05, 0.1) is 39.4 Å². The Labute approximate surface area is 204 Å². The fourth-order valence-corrected chi connectivity index (χ4v) is 6.73. The summed E-state index contributed by atoms with van der Waals surface area (Å²) in [4.78, 5) is 43.6. The number of aromatic carboxylic acids is 1. The number of rotatable bonds is 7. The number of carboxylic acids is 1. The number of aromatic nitrogens is 2. The lowest BCUT2D eigenvalue weighted by Crippen LogP contribution is -2.42. The van der Waals surface area contributed by atoms with E-state index in [0.29, 0.717) is 13.0 Å². The minimum absolute atomic E-state index is 0.0126. The number of thioether (sulfide) groups is 1. The summed E-state index contributed by atoms with van der Waals surface area (Å²) in [6.07, 6.45) is 0.360. The molecule has 2 aromatic carbocycles. The molecular formula is C23H22FN3O6S2. The molecule has 3 aromatic rings. The lowest BCUT2D eigenvalue weighted by molar-refractivity contribution is -0.129. The second-order valence-corrected chi connectivity index (χ2v) is 11.2. The van der Waals surface area contributed by atoms with E-state index in [-0.39, 0.29) is 50.5 Å². The molecule has 1 amide bonds. The van der Waals surface area contributed by atoms with E-state index in [2.05, 4.69) is 4.98 Å². The number of carbonyl (C=O) groups is 2. The van der Waals surface area contributed by atoms with E-state index in [1.165, 1.54) is 41.3 Å². The van der Waals surface area contributed by atoms with E-state index in [0.717, 1.165) is 16.3 Å². The van der Waals surface area contributed by atoms with Crippen LogP contribution in [0.4, 0.5) is 4.39 Å². The number of fused-ring (bicyclic) bond motifs is 1. The third-order valence-corrected chi connectivity index (χ3v) is 8.49. The van der Waals surface area contributed by atoms with Gasteiger partial charge < -0.3 is 10.0 Å². The fraction of sp³-hybridized carbons (Fsp3) is 0.304. The van der Waals surface area contributed by atoms with E-state index in [4.69, 9.17) is 0 Å². The highest BCUT2D eigenvalue weighted by Crippen LogP contribution is 2.25. The van der Waals surface area contributed by atoms with Crippen LogP contribution in [0.25, 0.3) is 16.6 Å². The summed E-state index contributed by atoms with van der Waals surface area (Å²) < 4.78 is 39.5. The van der Waals surface area contributed by atoms with Crippen LogP contribution in [-0.2, 0) is 14.6 Å². The molecule has 1 aliphatic rings. The SMILES string of the molecule is CCN(C(=O)CSc1nc2cc(C(=O)O)ccc2c(=O)n1-c1ccccc1F)C1CCS(=O)(=O)C1. The number of amides is 1. The van der Waals surface area contributed by atoms with E-state index in [1.54, 1.807) is 13.0 Å². The molecule has 12 heteroatoms. The molecule has 0 aliphatic carbocycles. The molecule has 1 atom stereocenters. The van der Waals surface area contributed by atoms with E-state index < -0.39 is 33.2 Å². The summed E-state index contributed by atoms with van der Waals surface area (Å²) in [5, 5.41) is 9.41. The van der Waals surface area contributed by atoms with Gasteiger partial charge >= 0.3 is 5.97 Å². The highest BCUT2D eigenvalue weighted by atomic mass is 32.2. The molecule has 1 unspecified atom stereocenters. The molecule has 1 aromatic heterocycles. The Bertz CT molecular complexity index is 1490. The average molecular weight is 520 g/mol. The van der Waals surface area contributed by atoms with E-state index >= 15 is 0 Å². The minimum atomic E-state index is -3.19. The quantitative estimate of drug-likeness (QED) is 0.372. The van der Waals surface area contributed by atoms with Gasteiger partial charge in [0.1, 0.15) is 5.82 Å². The summed E-state index contributed by atoms with van der Waals surface area (Å²) >= 11 is 0.901. The molecule has 2 heterocycles. The summed E-state index contributed by atoms with van der Waals surface area (Å²) in [7, 11) is -3.19. The number of sulfone groups is 1. The molecular weight excluding hydrogens is 497 g/mol. The van der Waals surface area contributed by atoms with Crippen LogP contribution in [-0.4, -0.2) is 69.7 Å². The zero-order valence-electron chi connectivity index (χ0n) is 18.7. The van der Waals surface area contributed by atoms with Gasteiger partial charge in [0.15, 0.2) is 15.0 Å². The minimum Gasteiger partial charge on any atom is -0.478 e. The van der Waals surface area contributed by atoms with Crippen molar-refractivity contribution in [1.82, 2.24) is 14.5 Å². The van der Waals surface area contributed by atoms with Crippen LogP contribution in [0.15, 0.2) is 52.4 Å². The van der Waals surface area contributed by atoms with Crippen molar-refractivity contribution in [3.05, 3.63) is 64.2 Å². The zero-order chi connectivity index (χ0) is 25.3. The summed E-state index contributed by atoms with van der Waals surface area (Å²) in [5.41, 5.74) is -0.633. The number of carbonyl (C=O) groups excluding carboxylic acids is 1. The summed E-state index contributed by atoms with van der Waals surface area (Å²) in [6, 6.07) is 9.05. The summed E-state index contributed by atoms with van der Waals surface area (Å²) in [5.74, 6) is -2.44. The van der Waals surface area contributed by atoms with Crippen LogP contribution in [0.2, 0.25) is 0 Å². The van der Waals surface area contributed by atoms with Crippen LogP contribution in [0.1, 0.15) is 23.7 Å². The first kappa shape index (κ1) is 24.9. The van der Waals surface area contributed by atoms with E-state index in [9.17, 15) is 32.3 Å². The molecule has 0 saturated carbocycles. The predicted molar refractivity (Wildman–Crippen MR) is 129 cm³/mol. The first-order chi connectivity index (χ1) is 16.6. The van der Waals surface area contributed by atoms with Crippen molar-refractivity contribution in [3.63, 3.8) is 0 Å². The maximum Gasteiger partial charge on any atom is 0.335 e. The number of hydrogen-bond donors (Lipinski definition) is 1. The Morgan fingerprint density at radius 1 is 1.26 bits per heavy atom. The molecule has 1 N–H and O–H groups in total. The van der Waals surface area contributed by atoms with Crippen molar-refractivity contribution < 1.29 is 27.5 Å². The Hall–Kier alpha value is -3.25. The fourth-order valence-electron chi connectivity index (χ4n) is 4.11. The smallest absolute Gasteiger partial charge is 0.335 e. The zero-order valence-corrected chi connectivity index (χ0v) is 20.3. The van der Waals surface area contributed by atoms with Crippen LogP contribution in [0, 0.1) is 5.82 Å². The van der Waals surface area contributed by atoms with Gasteiger partial charge in [0.25, 0.3) is 5.56 Å². The van der Waals surface area contributed by atoms with E-state index in [1.807, 2.05) is 0 Å². The first-order valence-electron chi connectivity index (χ1n) is 10.8. The van der Waals surface area contributed by atoms with Crippen molar-refractivity contribution in [1.29, 1.82) is 0 Å².